The van der Waals surface area contributed by atoms with E-state index in [0.29, 0.717) is 45.1 Å². The molecule has 2 aliphatic heterocycles. The molecule has 12 nitrogen and oxygen atoms in total. The fourth-order valence-corrected chi connectivity index (χ4v) is 3.46. The van der Waals surface area contributed by atoms with Crippen molar-refractivity contribution in [1.82, 2.24) is 29.7 Å². The molecule has 2 saturated heterocycles. The third-order valence-corrected chi connectivity index (χ3v) is 5.44. The maximum absolute atomic E-state index is 12.3. The van der Waals surface area contributed by atoms with E-state index < -0.39 is 23.9 Å². The first-order chi connectivity index (χ1) is 18.7. The van der Waals surface area contributed by atoms with Crippen molar-refractivity contribution in [3.05, 3.63) is 48.1 Å². The van der Waals surface area contributed by atoms with Gasteiger partial charge in [0.1, 0.15) is 18.4 Å². The van der Waals surface area contributed by atoms with Crippen molar-refractivity contribution in [3.63, 3.8) is 0 Å². The highest BCUT2D eigenvalue weighted by molar-refractivity contribution is 5.19. The summed E-state index contributed by atoms with van der Waals surface area (Å²) in [7, 11) is 0. The zero-order valence-corrected chi connectivity index (χ0v) is 22.3. The van der Waals surface area contributed by atoms with Crippen LogP contribution in [-0.2, 0) is 14.4 Å². The Labute approximate surface area is 234 Å². The van der Waals surface area contributed by atoms with Gasteiger partial charge in [-0.25, -0.2) is 33.6 Å². The molecule has 40 heavy (non-hydrogen) atoms. The van der Waals surface area contributed by atoms with Gasteiger partial charge >= 0.3 is 0 Å². The first-order valence-electron chi connectivity index (χ1n) is 12.3. The van der Waals surface area contributed by atoms with Gasteiger partial charge in [-0.2, -0.15) is 10.5 Å². The molecule has 0 aromatic carbocycles. The summed E-state index contributed by atoms with van der Waals surface area (Å²) < 4.78 is 35.1. The summed E-state index contributed by atoms with van der Waals surface area (Å²) in [6.07, 6.45) is 4.74. The molecule has 2 aromatic rings. The van der Waals surface area contributed by atoms with Crippen molar-refractivity contribution in [2.75, 3.05) is 52.6 Å². The van der Waals surface area contributed by atoms with Gasteiger partial charge in [0.15, 0.2) is 5.82 Å². The second kappa shape index (κ2) is 18.2. The molecule has 2 aromatic heterocycles. The third-order valence-electron chi connectivity index (χ3n) is 5.44. The average molecular weight is 565 g/mol. The van der Waals surface area contributed by atoms with Gasteiger partial charge in [-0.05, 0) is 20.8 Å². The van der Waals surface area contributed by atoms with E-state index in [1.165, 1.54) is 18.7 Å². The fourth-order valence-electron chi connectivity index (χ4n) is 3.46. The lowest BCUT2D eigenvalue weighted by atomic mass is 10.1. The van der Waals surface area contributed by atoms with Gasteiger partial charge in [0.05, 0.1) is 44.2 Å². The van der Waals surface area contributed by atoms with Crippen LogP contribution in [0, 0.1) is 22.7 Å². The monoisotopic (exact) mass is 564 g/mol. The van der Waals surface area contributed by atoms with Crippen LogP contribution in [0.5, 0.6) is 0 Å². The highest BCUT2D eigenvalue weighted by Crippen LogP contribution is 2.22. The summed E-state index contributed by atoms with van der Waals surface area (Å²) in [5.41, 5.74) is 0.978. The Hall–Kier alpha value is -3.24. The Bertz CT molecular complexity index is 1030. The lowest BCUT2D eigenvalue weighted by molar-refractivity contribution is -0.306. The number of halogens is 2. The highest BCUT2D eigenvalue weighted by atomic mass is 19.3. The average Bonchev–Trinajstić information content (AvgIpc) is 2.96. The molecule has 0 saturated carbocycles. The van der Waals surface area contributed by atoms with E-state index >= 15 is 0 Å². The number of hydrogen-bond donors (Lipinski definition) is 1. The second-order valence-corrected chi connectivity index (χ2v) is 9.41. The minimum Gasteiger partial charge on any atom is -0.379 e. The molecule has 2 fully saturated rings. The van der Waals surface area contributed by atoms with Crippen LogP contribution in [0.2, 0.25) is 0 Å². The van der Waals surface area contributed by atoms with Crippen molar-refractivity contribution in [2.45, 2.75) is 52.3 Å². The van der Waals surface area contributed by atoms with E-state index in [4.69, 9.17) is 20.0 Å². The minimum absolute atomic E-state index is 0. The molecule has 4 rings (SSSR count). The van der Waals surface area contributed by atoms with Gasteiger partial charge in [-0.1, -0.05) is 7.43 Å². The Kier molecular flexibility index (Phi) is 15.8. The number of nitrogens with zero attached hydrogens (tertiary/aromatic N) is 8. The summed E-state index contributed by atoms with van der Waals surface area (Å²) in [5, 5.41) is 26.2. The number of morpholine rings is 2. The molecule has 2 atom stereocenters. The summed E-state index contributed by atoms with van der Waals surface area (Å²) in [5.74, 6) is -0.516. The van der Waals surface area contributed by atoms with Crippen LogP contribution < -0.4 is 0 Å². The summed E-state index contributed by atoms with van der Waals surface area (Å²) in [6, 6.07) is 3.65. The minimum atomic E-state index is -2.69. The van der Waals surface area contributed by atoms with Gasteiger partial charge in [-0.3, -0.25) is 15.1 Å². The molecule has 220 valence electrons. The fraction of sp³-hybridized carbons (Fsp3) is 0.615. The van der Waals surface area contributed by atoms with Crippen molar-refractivity contribution >= 4 is 0 Å². The van der Waals surface area contributed by atoms with E-state index in [0.717, 1.165) is 18.7 Å². The molecule has 0 amide bonds. The van der Waals surface area contributed by atoms with Crippen LogP contribution in [0.15, 0.2) is 31.1 Å². The van der Waals surface area contributed by atoms with Crippen LogP contribution in [0.4, 0.5) is 8.78 Å². The summed E-state index contributed by atoms with van der Waals surface area (Å²) in [4.78, 5) is 22.9. The standard InChI is InChI=1S/C11H12F2N4O.C10H12N4O.C4H10O2.CH4/c12-10(13)11-15-6-8(7-16-11)9(5-14)17-1-3-18-4-2-17;11-5-10(9-6-12-8-13-7-9)14-1-3-15-4-2-14;1-4(2,3)6-5;/h6-7,9-10H,1-4H2;6-8,10H,1-4H2;5H,1-3H3;1H4. The molecule has 0 radical (unpaired) electrons. The molecular weight excluding hydrogens is 526 g/mol. The molecular formula is C26H38F2N8O4. The van der Waals surface area contributed by atoms with Gasteiger partial charge in [0.2, 0.25) is 0 Å². The number of hydrogen-bond acceptors (Lipinski definition) is 12. The van der Waals surface area contributed by atoms with Gasteiger partial charge in [0.25, 0.3) is 6.43 Å². The number of rotatable bonds is 5. The SMILES string of the molecule is C.CC(C)(C)OO.N#CC(c1cnc(C(F)F)nc1)N1CCOCC1.N#CC(c1cncnc1)N1CCOCC1. The van der Waals surface area contributed by atoms with Crippen LogP contribution in [0.3, 0.4) is 0 Å². The van der Waals surface area contributed by atoms with Crippen LogP contribution >= 0.6 is 0 Å². The maximum Gasteiger partial charge on any atom is 0.297 e. The van der Waals surface area contributed by atoms with Crippen LogP contribution in [-0.4, -0.2) is 93.2 Å². The van der Waals surface area contributed by atoms with Crippen molar-refractivity contribution in [2.24, 2.45) is 0 Å². The van der Waals surface area contributed by atoms with E-state index in [9.17, 15) is 14.0 Å². The number of ether oxygens (including phenoxy) is 2. The third kappa shape index (κ3) is 11.9. The molecule has 2 aliphatic rings. The topological polar surface area (TPSA) is 154 Å². The summed E-state index contributed by atoms with van der Waals surface area (Å²) >= 11 is 0. The number of nitriles is 2. The first kappa shape index (κ1) is 34.8. The van der Waals surface area contributed by atoms with E-state index in [2.05, 4.69) is 41.9 Å². The van der Waals surface area contributed by atoms with E-state index in [-0.39, 0.29) is 13.5 Å². The Morgan fingerprint density at radius 1 is 0.850 bits per heavy atom. The molecule has 0 aliphatic carbocycles. The van der Waals surface area contributed by atoms with Crippen molar-refractivity contribution < 1.29 is 28.4 Å². The zero-order chi connectivity index (χ0) is 28.7. The summed E-state index contributed by atoms with van der Waals surface area (Å²) in [6.45, 7) is 10.6. The van der Waals surface area contributed by atoms with Crippen LogP contribution in [0.1, 0.15) is 63.7 Å². The number of alkyl halides is 2. The van der Waals surface area contributed by atoms with Crippen molar-refractivity contribution in [3.8, 4) is 12.1 Å². The quantitative estimate of drug-likeness (QED) is 0.417. The predicted molar refractivity (Wildman–Crippen MR) is 141 cm³/mol. The van der Waals surface area contributed by atoms with Crippen LogP contribution in [0.25, 0.3) is 0 Å². The van der Waals surface area contributed by atoms with E-state index in [1.807, 2.05) is 4.90 Å². The molecule has 4 heterocycles. The zero-order valence-electron chi connectivity index (χ0n) is 22.3. The molecule has 2 unspecified atom stereocenters. The Morgan fingerprint density at radius 2 is 1.23 bits per heavy atom. The smallest absolute Gasteiger partial charge is 0.297 e. The van der Waals surface area contributed by atoms with Gasteiger partial charge in [0, 0.05) is 62.1 Å². The van der Waals surface area contributed by atoms with E-state index in [1.54, 1.807) is 33.2 Å². The first-order valence-corrected chi connectivity index (χ1v) is 12.3. The maximum atomic E-state index is 12.3. The normalized spacial score (nSPS) is 17.4. The van der Waals surface area contributed by atoms with Gasteiger partial charge in [-0.15, -0.1) is 0 Å². The Morgan fingerprint density at radius 3 is 1.55 bits per heavy atom. The number of aromatic nitrogens is 4. The highest BCUT2D eigenvalue weighted by Gasteiger charge is 2.24. The Balaban J connectivity index is 0.000000330. The molecule has 0 spiro atoms. The molecule has 14 heteroatoms. The largest absolute Gasteiger partial charge is 0.379 e. The van der Waals surface area contributed by atoms with Gasteiger partial charge < -0.3 is 9.47 Å². The second-order valence-electron chi connectivity index (χ2n) is 9.41. The van der Waals surface area contributed by atoms with Crippen molar-refractivity contribution in [1.29, 1.82) is 10.5 Å². The lowest BCUT2D eigenvalue weighted by Gasteiger charge is -2.30. The molecule has 0 bridgehead atoms. The predicted octanol–water partition coefficient (Wildman–Crippen LogP) is 3.60. The molecule has 1 N–H and O–H groups in total. The lowest BCUT2D eigenvalue weighted by Crippen LogP contribution is -2.38.